The van der Waals surface area contributed by atoms with Gasteiger partial charge in [-0.05, 0) is 43.0 Å². The molecule has 7 heteroatoms. The number of methoxy groups -OCH3 is 1. The average Bonchev–Trinajstić information content (AvgIpc) is 2.71. The van der Waals surface area contributed by atoms with Crippen molar-refractivity contribution in [2.24, 2.45) is 5.41 Å². The van der Waals surface area contributed by atoms with E-state index >= 15 is 0 Å². The molecule has 2 heterocycles. The zero-order valence-corrected chi connectivity index (χ0v) is 18.3. The highest BCUT2D eigenvalue weighted by Crippen LogP contribution is 2.43. The van der Waals surface area contributed by atoms with Gasteiger partial charge in [0.05, 0.1) is 19.3 Å². The maximum Gasteiger partial charge on any atom is 0.409 e. The number of hydrogen-bond acceptors (Lipinski definition) is 5. The van der Waals surface area contributed by atoms with E-state index < -0.39 is 0 Å². The summed E-state index contributed by atoms with van der Waals surface area (Å²) in [5.41, 5.74) is 2.97. The number of benzene rings is 1. The molecule has 2 aliphatic heterocycles. The highest BCUT2D eigenvalue weighted by atomic mass is 79.9. The van der Waals surface area contributed by atoms with Gasteiger partial charge in [-0.25, -0.2) is 9.59 Å². The van der Waals surface area contributed by atoms with Crippen molar-refractivity contribution in [3.05, 3.63) is 29.3 Å². The molecule has 2 saturated heterocycles. The first-order valence-electron chi connectivity index (χ1n) is 9.96. The first-order chi connectivity index (χ1) is 13.5. The molecule has 2 aliphatic rings. The monoisotopic (exact) mass is 452 g/mol. The molecule has 2 fully saturated rings. The van der Waals surface area contributed by atoms with Gasteiger partial charge in [0, 0.05) is 42.6 Å². The van der Waals surface area contributed by atoms with Gasteiger partial charge >= 0.3 is 12.1 Å². The predicted molar refractivity (Wildman–Crippen MR) is 112 cm³/mol. The number of likely N-dealkylation sites (tertiary alicyclic amines) is 1. The molecule has 6 nitrogen and oxygen atoms in total. The van der Waals surface area contributed by atoms with Gasteiger partial charge in [0.25, 0.3) is 0 Å². The number of unbranched alkanes of at least 4 members (excludes halogenated alkanes) is 1. The van der Waals surface area contributed by atoms with E-state index in [-0.39, 0.29) is 17.5 Å². The second kappa shape index (κ2) is 9.16. The van der Waals surface area contributed by atoms with Crippen LogP contribution in [0.3, 0.4) is 0 Å². The fourth-order valence-electron chi connectivity index (χ4n) is 4.02. The van der Waals surface area contributed by atoms with Gasteiger partial charge < -0.3 is 19.3 Å². The highest BCUT2D eigenvalue weighted by molar-refractivity contribution is 9.08. The Labute approximate surface area is 175 Å². The molecule has 154 valence electrons. The Morgan fingerprint density at radius 1 is 1.21 bits per heavy atom. The fourth-order valence-corrected chi connectivity index (χ4v) is 4.48. The van der Waals surface area contributed by atoms with Gasteiger partial charge in [-0.15, -0.1) is 0 Å². The molecule has 0 bridgehead atoms. The standard InChI is InChI=1S/C21H29BrN2O4/c1-3-4-11-28-20(26)23-9-7-21(8-10-23)14-24(15-21)17-5-6-18(19(25)27-2)16(12-17)13-22/h5-6,12H,3-4,7-11,13-15H2,1-2H3. The summed E-state index contributed by atoms with van der Waals surface area (Å²) in [7, 11) is 1.40. The van der Waals surface area contributed by atoms with Gasteiger partial charge in [-0.2, -0.15) is 0 Å². The van der Waals surface area contributed by atoms with Crippen LogP contribution in [-0.2, 0) is 14.8 Å². The summed E-state index contributed by atoms with van der Waals surface area (Å²) >= 11 is 3.47. The lowest BCUT2D eigenvalue weighted by Gasteiger charge is -2.55. The van der Waals surface area contributed by atoms with Crippen molar-refractivity contribution in [2.75, 3.05) is 44.8 Å². The molecule has 0 atom stereocenters. The normalized spacial score (nSPS) is 18.0. The smallest absolute Gasteiger partial charge is 0.409 e. The number of piperidine rings is 1. The number of carbonyl (C=O) groups is 2. The third-order valence-electron chi connectivity index (χ3n) is 5.86. The lowest BCUT2D eigenvalue weighted by molar-refractivity contribution is 0.0524. The summed E-state index contributed by atoms with van der Waals surface area (Å²) in [5, 5.41) is 0.610. The first-order valence-corrected chi connectivity index (χ1v) is 11.1. The molecule has 1 aromatic carbocycles. The van der Waals surface area contributed by atoms with Crippen molar-refractivity contribution in [3.63, 3.8) is 0 Å². The van der Waals surface area contributed by atoms with Crippen molar-refractivity contribution in [1.82, 2.24) is 4.90 Å². The summed E-state index contributed by atoms with van der Waals surface area (Å²) in [4.78, 5) is 28.2. The van der Waals surface area contributed by atoms with E-state index in [1.54, 1.807) is 0 Å². The number of hydrogen-bond donors (Lipinski definition) is 0. The maximum atomic E-state index is 12.1. The third-order valence-corrected chi connectivity index (χ3v) is 6.47. The Morgan fingerprint density at radius 3 is 2.54 bits per heavy atom. The van der Waals surface area contributed by atoms with Crippen molar-refractivity contribution >= 4 is 33.7 Å². The number of anilines is 1. The third kappa shape index (κ3) is 4.45. The first kappa shape index (κ1) is 21.0. The van der Waals surface area contributed by atoms with E-state index in [1.165, 1.54) is 7.11 Å². The second-order valence-corrected chi connectivity index (χ2v) is 8.34. The summed E-state index contributed by atoms with van der Waals surface area (Å²) in [6, 6.07) is 5.90. The molecule has 28 heavy (non-hydrogen) atoms. The summed E-state index contributed by atoms with van der Waals surface area (Å²) in [5.74, 6) is -0.306. The van der Waals surface area contributed by atoms with E-state index in [0.29, 0.717) is 17.5 Å². The van der Waals surface area contributed by atoms with Crippen LogP contribution < -0.4 is 4.90 Å². The van der Waals surface area contributed by atoms with Gasteiger partial charge in [0.1, 0.15) is 0 Å². The summed E-state index contributed by atoms with van der Waals surface area (Å²) in [6.07, 6.45) is 3.81. The topological polar surface area (TPSA) is 59.1 Å². The van der Waals surface area contributed by atoms with E-state index in [9.17, 15) is 9.59 Å². The van der Waals surface area contributed by atoms with Crippen molar-refractivity contribution in [2.45, 2.75) is 37.9 Å². The molecule has 0 radical (unpaired) electrons. The second-order valence-electron chi connectivity index (χ2n) is 7.78. The van der Waals surface area contributed by atoms with E-state index in [1.807, 2.05) is 17.0 Å². The Bertz CT molecular complexity index is 708. The Hall–Kier alpha value is -1.76. The minimum atomic E-state index is -0.306. The van der Waals surface area contributed by atoms with Gasteiger partial charge in [-0.3, -0.25) is 0 Å². The number of carbonyl (C=O) groups excluding carboxylic acids is 2. The van der Waals surface area contributed by atoms with Crippen LogP contribution in [0, 0.1) is 5.41 Å². The van der Waals surface area contributed by atoms with E-state index in [0.717, 1.165) is 63.1 Å². The number of alkyl halides is 1. The average molecular weight is 453 g/mol. The van der Waals surface area contributed by atoms with Crippen molar-refractivity contribution < 1.29 is 19.1 Å². The highest BCUT2D eigenvalue weighted by Gasteiger charge is 2.45. The SMILES string of the molecule is CCCCOC(=O)N1CCC2(CC1)CN(c1ccc(C(=O)OC)c(CBr)c1)C2. The minimum absolute atomic E-state index is 0.167. The van der Waals surface area contributed by atoms with Crippen LogP contribution in [0.15, 0.2) is 18.2 Å². The van der Waals surface area contributed by atoms with Crippen molar-refractivity contribution in [1.29, 1.82) is 0 Å². The van der Waals surface area contributed by atoms with Crippen LogP contribution in [0.4, 0.5) is 10.5 Å². The number of esters is 1. The summed E-state index contributed by atoms with van der Waals surface area (Å²) < 4.78 is 10.2. The Morgan fingerprint density at radius 2 is 1.93 bits per heavy atom. The lowest BCUT2D eigenvalue weighted by Crippen LogP contribution is -2.61. The molecule has 0 saturated carbocycles. The molecule has 1 spiro atoms. The van der Waals surface area contributed by atoms with E-state index in [4.69, 9.17) is 9.47 Å². The Balaban J connectivity index is 1.53. The van der Waals surface area contributed by atoms with Gasteiger partial charge in [0.15, 0.2) is 0 Å². The predicted octanol–water partition coefficient (Wildman–Crippen LogP) is 4.21. The number of rotatable bonds is 6. The van der Waals surface area contributed by atoms with Crippen LogP contribution in [-0.4, -0.2) is 56.9 Å². The summed E-state index contributed by atoms with van der Waals surface area (Å²) in [6.45, 7) is 6.13. The maximum absolute atomic E-state index is 12.1. The van der Waals surface area contributed by atoms with Crippen LogP contribution in [0.25, 0.3) is 0 Å². The number of nitrogens with zero attached hydrogens (tertiary/aromatic N) is 2. The van der Waals surface area contributed by atoms with E-state index in [2.05, 4.69) is 33.8 Å². The van der Waals surface area contributed by atoms with Crippen LogP contribution >= 0.6 is 15.9 Å². The zero-order valence-electron chi connectivity index (χ0n) is 16.7. The lowest BCUT2D eigenvalue weighted by atomic mass is 9.72. The van der Waals surface area contributed by atoms with Gasteiger partial charge in [-0.1, -0.05) is 29.3 Å². The van der Waals surface area contributed by atoms with Crippen LogP contribution in [0.5, 0.6) is 0 Å². The fraction of sp³-hybridized carbons (Fsp3) is 0.619. The molecule has 0 aliphatic carbocycles. The molecular formula is C21H29BrN2O4. The number of amides is 1. The quantitative estimate of drug-likeness (QED) is 0.367. The van der Waals surface area contributed by atoms with Crippen molar-refractivity contribution in [3.8, 4) is 0 Å². The number of halogens is 1. The molecule has 0 unspecified atom stereocenters. The molecule has 0 aromatic heterocycles. The van der Waals surface area contributed by atoms with Crippen LogP contribution in [0.2, 0.25) is 0 Å². The zero-order chi connectivity index (χ0) is 20.1. The molecular weight excluding hydrogens is 424 g/mol. The molecule has 1 amide bonds. The number of ether oxygens (including phenoxy) is 2. The molecule has 3 rings (SSSR count). The Kier molecular flexibility index (Phi) is 6.86. The van der Waals surface area contributed by atoms with Crippen LogP contribution in [0.1, 0.15) is 48.5 Å². The largest absolute Gasteiger partial charge is 0.465 e. The molecule has 0 N–H and O–H groups in total. The van der Waals surface area contributed by atoms with Gasteiger partial charge in [0.2, 0.25) is 0 Å². The minimum Gasteiger partial charge on any atom is -0.465 e. The molecule has 1 aromatic rings.